The molecule has 0 spiro atoms. The molecule has 8 heteroatoms. The molecule has 0 aliphatic rings. The minimum atomic E-state index is -4.26. The van der Waals surface area contributed by atoms with Crippen LogP contribution in [0.5, 0.6) is 0 Å². The predicted molar refractivity (Wildman–Crippen MR) is 122 cm³/mol. The summed E-state index contributed by atoms with van der Waals surface area (Å²) in [6.45, 7) is 3.72. The average molecular weight is 471 g/mol. The molecule has 0 bridgehead atoms. The van der Waals surface area contributed by atoms with Gasteiger partial charge in [-0.25, -0.2) is 12.8 Å². The number of sulfone groups is 1. The van der Waals surface area contributed by atoms with E-state index in [2.05, 4.69) is 10.3 Å². The maximum absolute atomic E-state index is 15.0. The van der Waals surface area contributed by atoms with E-state index in [0.29, 0.717) is 0 Å². The molecule has 0 unspecified atom stereocenters. The third-order valence-corrected chi connectivity index (χ3v) is 7.20. The minimum absolute atomic E-state index is 0.0209. The molecule has 32 heavy (non-hydrogen) atoms. The summed E-state index contributed by atoms with van der Waals surface area (Å²) in [5, 5.41) is 2.24. The Morgan fingerprint density at radius 1 is 1.03 bits per heavy atom. The second kappa shape index (κ2) is 8.41. The number of aromatic nitrogens is 1. The Labute approximate surface area is 190 Å². The molecule has 1 amide bonds. The fourth-order valence-corrected chi connectivity index (χ4v) is 5.65. The molecule has 0 aliphatic carbocycles. The summed E-state index contributed by atoms with van der Waals surface area (Å²) in [6, 6.07) is 16.8. The summed E-state index contributed by atoms with van der Waals surface area (Å²) < 4.78 is 42.4. The van der Waals surface area contributed by atoms with Gasteiger partial charge in [0.05, 0.1) is 20.8 Å². The lowest BCUT2D eigenvalue weighted by Gasteiger charge is -2.10. The van der Waals surface area contributed by atoms with Gasteiger partial charge in [-0.3, -0.25) is 4.79 Å². The summed E-state index contributed by atoms with van der Waals surface area (Å²) in [5.41, 5.74) is 2.23. The number of rotatable bonds is 5. The summed E-state index contributed by atoms with van der Waals surface area (Å²) in [5.74, 6) is -1.56. The number of nitrogens with one attached hydrogen (secondary N) is 2. The lowest BCUT2D eigenvalue weighted by atomic mass is 10.2. The topological polar surface area (TPSA) is 79.0 Å². The van der Waals surface area contributed by atoms with Crippen molar-refractivity contribution in [2.24, 2.45) is 0 Å². The summed E-state index contributed by atoms with van der Waals surface area (Å²) in [4.78, 5) is 15.4. The van der Waals surface area contributed by atoms with Gasteiger partial charge < -0.3 is 10.3 Å². The van der Waals surface area contributed by atoms with Gasteiger partial charge in [0.2, 0.25) is 9.84 Å². The van der Waals surface area contributed by atoms with Gasteiger partial charge in [0.25, 0.3) is 5.91 Å². The molecule has 0 saturated heterocycles. The Morgan fingerprint density at radius 2 is 1.69 bits per heavy atom. The largest absolute Gasteiger partial charge is 0.349 e. The molecule has 164 valence electrons. The van der Waals surface area contributed by atoms with Crippen LogP contribution in [0.15, 0.2) is 70.5 Å². The molecule has 0 fully saturated rings. The summed E-state index contributed by atoms with van der Waals surface area (Å²) >= 11 is 5.95. The lowest BCUT2D eigenvalue weighted by molar-refractivity contribution is 0.0943. The maximum Gasteiger partial charge on any atom is 0.269 e. The van der Waals surface area contributed by atoms with Crippen molar-refractivity contribution in [3.8, 4) is 0 Å². The number of hydrogen-bond acceptors (Lipinski definition) is 3. The SMILES string of the molecule is Cc1cc(C)cc(S(=O)(=O)c2c(C(=O)NCc3ccccc3)[nH]c3ccc(Cl)c(F)c23)c1. The molecule has 4 rings (SSSR count). The van der Waals surface area contributed by atoms with E-state index < -0.39 is 26.5 Å². The molecule has 1 aromatic heterocycles. The highest BCUT2D eigenvalue weighted by Crippen LogP contribution is 2.36. The van der Waals surface area contributed by atoms with Crippen molar-refractivity contribution in [3.05, 3.63) is 93.9 Å². The quantitative estimate of drug-likeness (QED) is 0.413. The Kier molecular flexibility index (Phi) is 5.79. The Bertz CT molecular complexity index is 1430. The molecule has 1 heterocycles. The fourth-order valence-electron chi connectivity index (χ4n) is 3.69. The maximum atomic E-state index is 15.0. The van der Waals surface area contributed by atoms with Gasteiger partial charge in [0.15, 0.2) is 5.82 Å². The first kappa shape index (κ1) is 22.0. The third kappa shape index (κ3) is 4.01. The van der Waals surface area contributed by atoms with Crippen LogP contribution in [0.4, 0.5) is 4.39 Å². The van der Waals surface area contributed by atoms with Crippen LogP contribution in [0, 0.1) is 19.7 Å². The average Bonchev–Trinajstić information content (AvgIpc) is 3.16. The van der Waals surface area contributed by atoms with Crippen LogP contribution in [0.2, 0.25) is 5.02 Å². The number of aromatic amines is 1. The second-order valence-electron chi connectivity index (χ2n) is 7.61. The predicted octanol–water partition coefficient (Wildman–Crippen LogP) is 5.34. The molecular weight excluding hydrogens is 451 g/mol. The van der Waals surface area contributed by atoms with E-state index in [4.69, 9.17) is 11.6 Å². The standard InChI is InChI=1S/C24H20ClFN2O3S/c1-14-10-15(2)12-17(11-14)32(30,31)23-20-19(9-8-18(25)21(20)26)28-22(23)24(29)27-13-16-6-4-3-5-7-16/h3-12,28H,13H2,1-2H3,(H,27,29). The van der Waals surface area contributed by atoms with Crippen LogP contribution in [0.1, 0.15) is 27.2 Å². The Morgan fingerprint density at radius 3 is 2.34 bits per heavy atom. The number of benzene rings is 3. The van der Waals surface area contributed by atoms with E-state index in [0.717, 1.165) is 16.7 Å². The molecule has 0 atom stereocenters. The van der Waals surface area contributed by atoms with Crippen molar-refractivity contribution in [2.45, 2.75) is 30.2 Å². The number of amides is 1. The molecule has 0 radical (unpaired) electrons. The second-order valence-corrected chi connectivity index (χ2v) is 9.90. The van der Waals surface area contributed by atoms with Crippen molar-refractivity contribution in [3.63, 3.8) is 0 Å². The zero-order valence-electron chi connectivity index (χ0n) is 17.4. The van der Waals surface area contributed by atoms with Crippen LogP contribution < -0.4 is 5.32 Å². The molecule has 2 N–H and O–H groups in total. The number of carbonyl (C=O) groups excluding carboxylic acids is 1. The van der Waals surface area contributed by atoms with Crippen LogP contribution in [-0.2, 0) is 16.4 Å². The number of carbonyl (C=O) groups is 1. The van der Waals surface area contributed by atoms with Gasteiger partial charge in [-0.05, 0) is 54.8 Å². The molecule has 0 aliphatic heterocycles. The summed E-state index contributed by atoms with van der Waals surface area (Å²) in [7, 11) is -4.26. The van der Waals surface area contributed by atoms with E-state index in [1.165, 1.54) is 24.3 Å². The van der Waals surface area contributed by atoms with Crippen LogP contribution >= 0.6 is 11.6 Å². The van der Waals surface area contributed by atoms with Crippen molar-refractivity contribution < 1.29 is 17.6 Å². The Balaban J connectivity index is 1.89. The van der Waals surface area contributed by atoms with Crippen LogP contribution in [0.3, 0.4) is 0 Å². The van der Waals surface area contributed by atoms with Crippen molar-refractivity contribution >= 4 is 38.2 Å². The molecule has 5 nitrogen and oxygen atoms in total. The first-order chi connectivity index (χ1) is 15.2. The van der Waals surface area contributed by atoms with E-state index in [9.17, 15) is 13.2 Å². The minimum Gasteiger partial charge on any atom is -0.349 e. The monoisotopic (exact) mass is 470 g/mol. The van der Waals surface area contributed by atoms with E-state index in [1.807, 2.05) is 36.4 Å². The van der Waals surface area contributed by atoms with Gasteiger partial charge >= 0.3 is 0 Å². The van der Waals surface area contributed by atoms with Gasteiger partial charge in [-0.1, -0.05) is 48.0 Å². The lowest BCUT2D eigenvalue weighted by Crippen LogP contribution is -2.25. The number of hydrogen-bond donors (Lipinski definition) is 2. The van der Waals surface area contributed by atoms with Crippen molar-refractivity contribution in [2.75, 3.05) is 0 Å². The van der Waals surface area contributed by atoms with Crippen LogP contribution in [0.25, 0.3) is 10.9 Å². The van der Waals surface area contributed by atoms with Crippen molar-refractivity contribution in [1.29, 1.82) is 0 Å². The highest BCUT2D eigenvalue weighted by molar-refractivity contribution is 7.91. The number of aryl methyl sites for hydroxylation is 2. The molecule has 0 saturated carbocycles. The third-order valence-electron chi connectivity index (χ3n) is 5.11. The smallest absolute Gasteiger partial charge is 0.269 e. The van der Waals surface area contributed by atoms with E-state index in [1.54, 1.807) is 13.8 Å². The summed E-state index contributed by atoms with van der Waals surface area (Å²) in [6.07, 6.45) is 0. The molecule has 3 aromatic carbocycles. The van der Waals surface area contributed by atoms with Crippen LogP contribution in [-0.4, -0.2) is 19.3 Å². The zero-order valence-corrected chi connectivity index (χ0v) is 18.9. The van der Waals surface area contributed by atoms with Gasteiger partial charge in [0, 0.05) is 6.54 Å². The Hall–Kier alpha value is -3.16. The van der Waals surface area contributed by atoms with E-state index in [-0.39, 0.29) is 33.1 Å². The van der Waals surface area contributed by atoms with E-state index >= 15 is 4.39 Å². The van der Waals surface area contributed by atoms with Gasteiger partial charge in [-0.2, -0.15) is 0 Å². The van der Waals surface area contributed by atoms with Gasteiger partial charge in [0.1, 0.15) is 10.6 Å². The van der Waals surface area contributed by atoms with Crippen molar-refractivity contribution in [1.82, 2.24) is 10.3 Å². The van der Waals surface area contributed by atoms with Gasteiger partial charge in [-0.15, -0.1) is 0 Å². The first-order valence-electron chi connectivity index (χ1n) is 9.83. The number of halogens is 2. The number of H-pyrrole nitrogens is 1. The highest BCUT2D eigenvalue weighted by atomic mass is 35.5. The molecular formula is C24H20ClFN2O3S. The molecule has 4 aromatic rings. The number of fused-ring (bicyclic) bond motifs is 1. The zero-order chi connectivity index (χ0) is 23.0. The first-order valence-corrected chi connectivity index (χ1v) is 11.7. The fraction of sp³-hybridized carbons (Fsp3) is 0.125. The highest BCUT2D eigenvalue weighted by Gasteiger charge is 2.32. The normalized spacial score (nSPS) is 11.6.